The Balaban J connectivity index is 2.68. The van der Waals surface area contributed by atoms with Crippen molar-refractivity contribution in [1.29, 1.82) is 0 Å². The van der Waals surface area contributed by atoms with Gasteiger partial charge in [0.15, 0.2) is 6.29 Å². The van der Waals surface area contributed by atoms with E-state index in [0.29, 0.717) is 5.69 Å². The third-order valence-electron chi connectivity index (χ3n) is 3.20. The summed E-state index contributed by atoms with van der Waals surface area (Å²) in [6, 6.07) is 6.05. The molecule has 1 heterocycles. The van der Waals surface area contributed by atoms with Gasteiger partial charge in [0.25, 0.3) is 0 Å². The van der Waals surface area contributed by atoms with Crippen LogP contribution in [0.4, 0.5) is 0 Å². The molecule has 4 heteroatoms. The molecule has 0 unspecified atom stereocenters. The smallest absolute Gasteiger partial charge is 0.172 e. The van der Waals surface area contributed by atoms with Crippen LogP contribution in [0.5, 0.6) is 0 Å². The molecule has 0 bridgehead atoms. The van der Waals surface area contributed by atoms with Gasteiger partial charge in [0.05, 0.1) is 11.4 Å². The van der Waals surface area contributed by atoms with Crippen LogP contribution in [0.25, 0.3) is 5.69 Å². The first kappa shape index (κ1) is 12.5. The minimum absolute atomic E-state index is 0.195. The number of benzene rings is 1. The Bertz CT molecular complexity index is 585. The third-order valence-corrected chi connectivity index (χ3v) is 3.20. The predicted octanol–water partition coefficient (Wildman–Crippen LogP) is 2.82. The number of hydrogen-bond acceptors (Lipinski definition) is 3. The zero-order valence-corrected chi connectivity index (χ0v) is 11.1. The molecule has 0 fully saturated rings. The minimum atomic E-state index is 0.195. The molecular formula is C14H17N3O. The van der Waals surface area contributed by atoms with Gasteiger partial charge in [-0.25, -0.2) is 4.68 Å². The summed E-state index contributed by atoms with van der Waals surface area (Å²) in [5, 5.41) is 8.06. The number of rotatable bonds is 3. The summed E-state index contributed by atoms with van der Waals surface area (Å²) in [5.41, 5.74) is 4.62. The van der Waals surface area contributed by atoms with Crippen LogP contribution in [0.3, 0.4) is 0 Å². The molecule has 1 aromatic carbocycles. The van der Waals surface area contributed by atoms with Gasteiger partial charge < -0.3 is 0 Å². The van der Waals surface area contributed by atoms with Crippen molar-refractivity contribution in [2.45, 2.75) is 33.6 Å². The number of carbonyl (C=O) groups excluding carboxylic acids is 1. The lowest BCUT2D eigenvalue weighted by Gasteiger charge is -2.13. The molecule has 18 heavy (non-hydrogen) atoms. The van der Waals surface area contributed by atoms with E-state index in [2.05, 4.69) is 30.2 Å². The molecule has 0 saturated carbocycles. The molecule has 2 rings (SSSR count). The molecule has 0 aliphatic rings. The van der Waals surface area contributed by atoms with Gasteiger partial charge in [0, 0.05) is 0 Å². The van der Waals surface area contributed by atoms with Gasteiger partial charge in [-0.1, -0.05) is 31.2 Å². The topological polar surface area (TPSA) is 47.8 Å². The van der Waals surface area contributed by atoms with E-state index in [1.165, 1.54) is 5.56 Å². The summed E-state index contributed by atoms with van der Waals surface area (Å²) in [6.45, 7) is 8.18. The molecule has 0 atom stereocenters. The van der Waals surface area contributed by atoms with Crippen LogP contribution in [0, 0.1) is 13.8 Å². The highest BCUT2D eigenvalue weighted by molar-refractivity contribution is 5.74. The Morgan fingerprint density at radius 2 is 2.00 bits per heavy atom. The highest BCUT2D eigenvalue weighted by Gasteiger charge is 2.18. The second kappa shape index (κ2) is 4.72. The highest BCUT2D eigenvalue weighted by Crippen LogP contribution is 2.23. The van der Waals surface area contributed by atoms with Crippen LogP contribution in [-0.4, -0.2) is 21.3 Å². The van der Waals surface area contributed by atoms with Gasteiger partial charge in [0.1, 0.15) is 5.69 Å². The van der Waals surface area contributed by atoms with Crippen molar-refractivity contribution in [2.75, 3.05) is 0 Å². The van der Waals surface area contributed by atoms with Crippen molar-refractivity contribution in [3.63, 3.8) is 0 Å². The fraction of sp³-hybridized carbons (Fsp3) is 0.357. The monoisotopic (exact) mass is 243 g/mol. The number of aryl methyl sites for hydroxylation is 1. The fourth-order valence-electron chi connectivity index (χ4n) is 2.07. The molecule has 0 spiro atoms. The zero-order chi connectivity index (χ0) is 13.3. The van der Waals surface area contributed by atoms with E-state index in [0.717, 1.165) is 23.2 Å². The summed E-state index contributed by atoms with van der Waals surface area (Å²) in [5.74, 6) is 0.195. The first-order valence-corrected chi connectivity index (χ1v) is 6.03. The number of carbonyl (C=O) groups is 1. The number of aromatic nitrogens is 3. The van der Waals surface area contributed by atoms with E-state index in [1.54, 1.807) is 4.68 Å². The molecule has 0 amide bonds. The van der Waals surface area contributed by atoms with E-state index < -0.39 is 0 Å². The fourth-order valence-corrected chi connectivity index (χ4v) is 2.07. The van der Waals surface area contributed by atoms with Gasteiger partial charge in [-0.05, 0) is 37.0 Å². The first-order valence-electron chi connectivity index (χ1n) is 6.03. The van der Waals surface area contributed by atoms with Gasteiger partial charge in [-0.2, -0.15) is 0 Å². The lowest BCUT2D eigenvalue weighted by molar-refractivity contribution is 0.111. The molecule has 2 aromatic rings. The minimum Gasteiger partial charge on any atom is -0.296 e. The lowest BCUT2D eigenvalue weighted by Crippen LogP contribution is -2.07. The van der Waals surface area contributed by atoms with Crippen LogP contribution in [0.2, 0.25) is 0 Å². The first-order chi connectivity index (χ1) is 8.56. The molecule has 0 radical (unpaired) electrons. The zero-order valence-electron chi connectivity index (χ0n) is 11.1. The van der Waals surface area contributed by atoms with Gasteiger partial charge >= 0.3 is 0 Å². The third kappa shape index (κ3) is 1.94. The Morgan fingerprint density at radius 3 is 2.61 bits per heavy atom. The van der Waals surface area contributed by atoms with E-state index in [9.17, 15) is 4.79 Å². The molecule has 0 N–H and O–H groups in total. The maximum atomic E-state index is 11.0. The standard InChI is InChI=1S/C14H17N3O/c1-9(2)14-12(8-18)15-16-17(14)13-7-5-6-10(3)11(13)4/h5-9H,1-4H3. The average molecular weight is 243 g/mol. The summed E-state index contributed by atoms with van der Waals surface area (Å²) in [7, 11) is 0. The highest BCUT2D eigenvalue weighted by atomic mass is 16.1. The van der Waals surface area contributed by atoms with Crippen molar-refractivity contribution in [3.8, 4) is 5.69 Å². The Labute approximate surface area is 107 Å². The molecule has 1 aromatic heterocycles. The molecule has 94 valence electrons. The molecule has 0 saturated heterocycles. The van der Waals surface area contributed by atoms with Crippen molar-refractivity contribution in [2.24, 2.45) is 0 Å². The van der Waals surface area contributed by atoms with Gasteiger partial charge in [-0.3, -0.25) is 4.79 Å². The van der Waals surface area contributed by atoms with Crippen LogP contribution < -0.4 is 0 Å². The van der Waals surface area contributed by atoms with Crippen LogP contribution in [0.1, 0.15) is 47.1 Å². The number of aldehydes is 1. The van der Waals surface area contributed by atoms with E-state index >= 15 is 0 Å². The number of nitrogens with zero attached hydrogens (tertiary/aromatic N) is 3. The second-order valence-electron chi connectivity index (χ2n) is 4.76. The van der Waals surface area contributed by atoms with E-state index in [-0.39, 0.29) is 5.92 Å². The quantitative estimate of drug-likeness (QED) is 0.779. The Kier molecular flexibility index (Phi) is 3.28. The molecule has 0 aliphatic carbocycles. The van der Waals surface area contributed by atoms with E-state index in [4.69, 9.17) is 0 Å². The summed E-state index contributed by atoms with van der Waals surface area (Å²) < 4.78 is 1.77. The van der Waals surface area contributed by atoms with Gasteiger partial charge in [-0.15, -0.1) is 5.10 Å². The summed E-state index contributed by atoms with van der Waals surface area (Å²) in [4.78, 5) is 11.0. The van der Waals surface area contributed by atoms with E-state index in [1.807, 2.05) is 26.0 Å². The van der Waals surface area contributed by atoms with Crippen LogP contribution >= 0.6 is 0 Å². The van der Waals surface area contributed by atoms with Crippen molar-refractivity contribution >= 4 is 6.29 Å². The maximum Gasteiger partial charge on any atom is 0.172 e. The summed E-state index contributed by atoms with van der Waals surface area (Å²) in [6.07, 6.45) is 0.768. The normalized spacial score (nSPS) is 10.9. The average Bonchev–Trinajstić information content (AvgIpc) is 2.76. The Hall–Kier alpha value is -1.97. The predicted molar refractivity (Wildman–Crippen MR) is 70.3 cm³/mol. The van der Waals surface area contributed by atoms with Crippen LogP contribution in [0.15, 0.2) is 18.2 Å². The number of hydrogen-bond donors (Lipinski definition) is 0. The SMILES string of the molecule is Cc1cccc(-n2nnc(C=O)c2C(C)C)c1C. The Morgan fingerprint density at radius 1 is 1.28 bits per heavy atom. The van der Waals surface area contributed by atoms with Crippen molar-refractivity contribution in [3.05, 3.63) is 40.7 Å². The maximum absolute atomic E-state index is 11.0. The largest absolute Gasteiger partial charge is 0.296 e. The summed E-state index contributed by atoms with van der Waals surface area (Å²) >= 11 is 0. The van der Waals surface area contributed by atoms with Crippen molar-refractivity contribution in [1.82, 2.24) is 15.0 Å². The molecule has 0 aliphatic heterocycles. The van der Waals surface area contributed by atoms with Crippen LogP contribution in [-0.2, 0) is 0 Å². The second-order valence-corrected chi connectivity index (χ2v) is 4.76. The lowest BCUT2D eigenvalue weighted by atomic mass is 10.1. The van der Waals surface area contributed by atoms with Crippen molar-refractivity contribution < 1.29 is 4.79 Å². The van der Waals surface area contributed by atoms with Gasteiger partial charge in [0.2, 0.25) is 0 Å². The molecular weight excluding hydrogens is 226 g/mol. The molecule has 4 nitrogen and oxygen atoms in total.